The number of rotatable bonds is 9. The van der Waals surface area contributed by atoms with E-state index < -0.39 is 17.7 Å². The van der Waals surface area contributed by atoms with Crippen LogP contribution in [0.5, 0.6) is 11.5 Å². The molecular weight excluding hydrogens is 488 g/mol. The van der Waals surface area contributed by atoms with Crippen molar-refractivity contribution >= 4 is 33.4 Å². The Labute approximate surface area is 202 Å². The molecule has 1 aliphatic rings. The zero-order valence-electron chi connectivity index (χ0n) is 19.3. The number of aliphatic hydroxyl groups is 1. The minimum absolute atomic E-state index is 0.0640. The molecule has 8 heteroatoms. The zero-order valence-corrected chi connectivity index (χ0v) is 20.9. The fourth-order valence-corrected chi connectivity index (χ4v) is 4.30. The fraction of sp³-hybridized carbons (Fsp3) is 0.360. The van der Waals surface area contributed by atoms with Gasteiger partial charge in [-0.1, -0.05) is 48.0 Å². The molecule has 7 nitrogen and oxygen atoms in total. The second-order valence-electron chi connectivity index (χ2n) is 7.64. The number of nitrogens with zero attached hydrogens (tertiary/aromatic N) is 2. The summed E-state index contributed by atoms with van der Waals surface area (Å²) in [6.45, 7) is 6.74. The average molecular weight is 517 g/mol. The van der Waals surface area contributed by atoms with Gasteiger partial charge >= 0.3 is 0 Å². The lowest BCUT2D eigenvalue weighted by molar-refractivity contribution is -0.140. The van der Waals surface area contributed by atoms with Gasteiger partial charge < -0.3 is 24.4 Å². The number of aliphatic hydroxyl groups excluding tert-OH is 1. The second-order valence-corrected chi connectivity index (χ2v) is 8.56. The third-order valence-corrected chi connectivity index (χ3v) is 6.46. The summed E-state index contributed by atoms with van der Waals surface area (Å²) in [7, 11) is 3.07. The molecule has 33 heavy (non-hydrogen) atoms. The Hall–Kier alpha value is -2.84. The Morgan fingerprint density at radius 2 is 1.67 bits per heavy atom. The molecule has 0 spiro atoms. The van der Waals surface area contributed by atoms with E-state index in [1.807, 2.05) is 0 Å². The molecule has 0 radical (unpaired) electrons. The Morgan fingerprint density at radius 3 is 2.24 bits per heavy atom. The van der Waals surface area contributed by atoms with Crippen LogP contribution in [-0.4, -0.2) is 67.0 Å². The third-order valence-electron chi connectivity index (χ3n) is 5.93. The average Bonchev–Trinajstić information content (AvgIpc) is 3.09. The molecular formula is C25H29BrN2O5. The van der Waals surface area contributed by atoms with Crippen LogP contribution in [0.3, 0.4) is 0 Å². The third kappa shape index (κ3) is 5.07. The van der Waals surface area contributed by atoms with E-state index in [0.29, 0.717) is 35.7 Å². The highest BCUT2D eigenvalue weighted by atomic mass is 79.9. The van der Waals surface area contributed by atoms with Crippen molar-refractivity contribution in [2.24, 2.45) is 0 Å². The molecule has 0 bridgehead atoms. The van der Waals surface area contributed by atoms with Crippen molar-refractivity contribution in [2.75, 3.05) is 40.4 Å². The van der Waals surface area contributed by atoms with Crippen molar-refractivity contribution < 1.29 is 24.2 Å². The smallest absolute Gasteiger partial charge is 0.295 e. The summed E-state index contributed by atoms with van der Waals surface area (Å²) in [5.41, 5.74) is 1.18. The standard InChI is InChI=1S/C25H29BrN2O5/c1-5-27(6-2)13-14-28-22(17-9-12-19(32-3)20(15-17)33-4)21(24(30)25(28)31)23(29)16-7-10-18(26)11-8-16/h7-12,15,22,29H,5-6,13-14H2,1-4H3/b23-21+/t22-/m1/s1. The Bertz CT molecular complexity index is 1050. The molecule has 1 atom stereocenters. The number of Topliss-reactive ketones (excluding diaryl/α,β-unsaturated/α-hetero) is 1. The highest BCUT2D eigenvalue weighted by Crippen LogP contribution is 2.41. The number of benzene rings is 2. The van der Waals surface area contributed by atoms with Gasteiger partial charge in [-0.15, -0.1) is 0 Å². The number of halogens is 1. The maximum absolute atomic E-state index is 13.2. The first-order valence-electron chi connectivity index (χ1n) is 10.8. The Balaban J connectivity index is 2.14. The molecule has 1 heterocycles. The highest BCUT2D eigenvalue weighted by molar-refractivity contribution is 9.10. The first kappa shape index (κ1) is 24.8. The second kappa shape index (κ2) is 10.9. The zero-order chi connectivity index (χ0) is 24.1. The van der Waals surface area contributed by atoms with Crippen molar-refractivity contribution in [3.05, 3.63) is 63.6 Å². The van der Waals surface area contributed by atoms with E-state index >= 15 is 0 Å². The van der Waals surface area contributed by atoms with E-state index in [1.54, 1.807) is 49.6 Å². The summed E-state index contributed by atoms with van der Waals surface area (Å²) in [5, 5.41) is 11.1. The highest BCUT2D eigenvalue weighted by Gasteiger charge is 2.46. The first-order valence-corrected chi connectivity index (χ1v) is 11.6. The van der Waals surface area contributed by atoms with E-state index in [9.17, 15) is 14.7 Å². The van der Waals surface area contributed by atoms with E-state index in [-0.39, 0.29) is 11.3 Å². The maximum atomic E-state index is 13.2. The minimum Gasteiger partial charge on any atom is -0.507 e. The Morgan fingerprint density at radius 1 is 1.03 bits per heavy atom. The van der Waals surface area contributed by atoms with E-state index in [1.165, 1.54) is 12.0 Å². The number of hydrogen-bond acceptors (Lipinski definition) is 6. The Kier molecular flexibility index (Phi) is 8.15. The number of likely N-dealkylation sites (tertiary alicyclic amines) is 1. The number of ether oxygens (including phenoxy) is 2. The van der Waals surface area contributed by atoms with Gasteiger partial charge in [0.15, 0.2) is 11.5 Å². The summed E-state index contributed by atoms with van der Waals surface area (Å²) in [6.07, 6.45) is 0. The van der Waals surface area contributed by atoms with Crippen LogP contribution in [0.1, 0.15) is 31.0 Å². The van der Waals surface area contributed by atoms with Gasteiger partial charge in [0.2, 0.25) is 0 Å². The van der Waals surface area contributed by atoms with Crippen molar-refractivity contribution in [3.63, 3.8) is 0 Å². The first-order chi connectivity index (χ1) is 15.9. The molecule has 0 saturated carbocycles. The number of carbonyl (C=O) groups is 2. The monoisotopic (exact) mass is 516 g/mol. The SMILES string of the molecule is CCN(CC)CCN1C(=O)C(=O)/C(=C(/O)c2ccc(Br)cc2)[C@H]1c1ccc(OC)c(OC)c1. The number of ketones is 1. The molecule has 0 aliphatic carbocycles. The molecule has 0 aromatic heterocycles. The van der Waals surface area contributed by atoms with E-state index in [2.05, 4.69) is 34.7 Å². The number of amides is 1. The molecule has 3 rings (SSSR count). The van der Waals surface area contributed by atoms with Gasteiger partial charge in [-0.05, 0) is 42.9 Å². The van der Waals surface area contributed by atoms with Crippen LogP contribution in [0.4, 0.5) is 0 Å². The molecule has 2 aromatic rings. The van der Waals surface area contributed by atoms with Crippen LogP contribution in [0.15, 0.2) is 52.5 Å². The van der Waals surface area contributed by atoms with E-state index in [4.69, 9.17) is 9.47 Å². The van der Waals surface area contributed by atoms with Crippen LogP contribution < -0.4 is 9.47 Å². The van der Waals surface area contributed by atoms with Crippen LogP contribution in [0.25, 0.3) is 5.76 Å². The largest absolute Gasteiger partial charge is 0.507 e. The molecule has 1 fully saturated rings. The quantitative estimate of drug-likeness (QED) is 0.305. The maximum Gasteiger partial charge on any atom is 0.295 e. The summed E-state index contributed by atoms with van der Waals surface area (Å²) >= 11 is 3.38. The molecule has 1 saturated heterocycles. The topological polar surface area (TPSA) is 79.3 Å². The number of methoxy groups -OCH3 is 2. The number of carbonyl (C=O) groups excluding carboxylic acids is 2. The number of hydrogen-bond donors (Lipinski definition) is 1. The summed E-state index contributed by atoms with van der Waals surface area (Å²) < 4.78 is 11.6. The van der Waals surface area contributed by atoms with Crippen molar-refractivity contribution in [1.29, 1.82) is 0 Å². The minimum atomic E-state index is -0.746. The lowest BCUT2D eigenvalue weighted by atomic mass is 9.95. The van der Waals surface area contributed by atoms with E-state index in [0.717, 1.165) is 17.6 Å². The van der Waals surface area contributed by atoms with Gasteiger partial charge in [-0.2, -0.15) is 0 Å². The van der Waals surface area contributed by atoms with Crippen molar-refractivity contribution in [3.8, 4) is 11.5 Å². The van der Waals surface area contributed by atoms with Gasteiger partial charge in [0.25, 0.3) is 11.7 Å². The molecule has 1 N–H and O–H groups in total. The molecule has 0 unspecified atom stereocenters. The predicted molar refractivity (Wildman–Crippen MR) is 130 cm³/mol. The van der Waals surface area contributed by atoms with Crippen LogP contribution >= 0.6 is 15.9 Å². The fourth-order valence-electron chi connectivity index (χ4n) is 4.03. The molecule has 2 aromatic carbocycles. The number of likely N-dealkylation sites (N-methyl/N-ethyl adjacent to an activating group) is 1. The van der Waals surface area contributed by atoms with Gasteiger partial charge in [0.1, 0.15) is 5.76 Å². The van der Waals surface area contributed by atoms with Crippen molar-refractivity contribution in [1.82, 2.24) is 9.80 Å². The normalized spacial score (nSPS) is 17.6. The molecule has 1 aliphatic heterocycles. The molecule has 1 amide bonds. The summed E-state index contributed by atoms with van der Waals surface area (Å²) in [5.74, 6) is -0.511. The lowest BCUT2D eigenvalue weighted by Crippen LogP contribution is -2.38. The van der Waals surface area contributed by atoms with Gasteiger partial charge in [0, 0.05) is 23.1 Å². The summed E-state index contributed by atoms with van der Waals surface area (Å²) in [6, 6.07) is 11.5. The van der Waals surface area contributed by atoms with Crippen molar-refractivity contribution in [2.45, 2.75) is 19.9 Å². The molecule has 176 valence electrons. The summed E-state index contributed by atoms with van der Waals surface area (Å²) in [4.78, 5) is 30.0. The lowest BCUT2D eigenvalue weighted by Gasteiger charge is -2.28. The van der Waals surface area contributed by atoms with Gasteiger partial charge in [-0.3, -0.25) is 9.59 Å². The van der Waals surface area contributed by atoms with Crippen LogP contribution in [0.2, 0.25) is 0 Å². The van der Waals surface area contributed by atoms with Gasteiger partial charge in [0.05, 0.1) is 25.8 Å². The van der Waals surface area contributed by atoms with Gasteiger partial charge in [-0.25, -0.2) is 0 Å². The predicted octanol–water partition coefficient (Wildman–Crippen LogP) is 4.23. The van der Waals surface area contributed by atoms with Crippen LogP contribution in [0, 0.1) is 0 Å². The van der Waals surface area contributed by atoms with Crippen LogP contribution in [-0.2, 0) is 9.59 Å².